The number of hydrogen-bond acceptors (Lipinski definition) is 1. The average Bonchev–Trinajstić information content (AvgIpc) is 2.01. The van der Waals surface area contributed by atoms with E-state index in [0.29, 0.717) is 5.78 Å². The van der Waals surface area contributed by atoms with Gasteiger partial charge >= 0.3 is 0 Å². The van der Waals surface area contributed by atoms with Crippen LogP contribution >= 0.6 is 0 Å². The van der Waals surface area contributed by atoms with Gasteiger partial charge in [0.25, 0.3) is 0 Å². The molecule has 0 aromatic heterocycles. The van der Waals surface area contributed by atoms with Gasteiger partial charge in [-0.2, -0.15) is 0 Å². The Morgan fingerprint density at radius 3 is 2.64 bits per heavy atom. The molecule has 0 aromatic carbocycles. The fourth-order valence-corrected chi connectivity index (χ4v) is 0.910. The van der Waals surface area contributed by atoms with Crippen molar-refractivity contribution < 1.29 is 4.79 Å². The molecule has 1 nitrogen and oxygen atoms in total. The van der Waals surface area contributed by atoms with E-state index in [1.54, 1.807) is 0 Å². The van der Waals surface area contributed by atoms with Gasteiger partial charge in [0.2, 0.25) is 0 Å². The Hall–Kier alpha value is -0.590. The summed E-state index contributed by atoms with van der Waals surface area (Å²) >= 11 is 0. The first-order chi connectivity index (χ1) is 5.31. The summed E-state index contributed by atoms with van der Waals surface area (Å²) in [7, 11) is 0. The van der Waals surface area contributed by atoms with Gasteiger partial charge < -0.3 is 0 Å². The molecule has 0 bridgehead atoms. The molecule has 0 unspecified atom stereocenters. The molecule has 0 fully saturated rings. The Morgan fingerprint density at radius 2 is 2.09 bits per heavy atom. The lowest BCUT2D eigenvalue weighted by molar-refractivity contribution is -0.119. The summed E-state index contributed by atoms with van der Waals surface area (Å²) in [6.07, 6.45) is 8.62. The largest absolute Gasteiger partial charge is 0.300 e. The van der Waals surface area contributed by atoms with E-state index in [9.17, 15) is 4.79 Å². The van der Waals surface area contributed by atoms with Crippen LogP contribution in [0.1, 0.15) is 46.0 Å². The first-order valence-corrected chi connectivity index (χ1v) is 4.44. The Balaban J connectivity index is 3.22. The lowest BCUT2D eigenvalue weighted by atomic mass is 10.1. The van der Waals surface area contributed by atoms with Gasteiger partial charge in [0.1, 0.15) is 5.78 Å². The molecule has 0 heterocycles. The number of rotatable bonds is 6. The zero-order valence-corrected chi connectivity index (χ0v) is 7.60. The summed E-state index contributed by atoms with van der Waals surface area (Å²) in [6.45, 7) is 4.09. The van der Waals surface area contributed by atoms with Crippen molar-refractivity contribution in [2.75, 3.05) is 0 Å². The van der Waals surface area contributed by atoms with E-state index in [2.05, 4.69) is 6.92 Å². The van der Waals surface area contributed by atoms with Crippen LogP contribution in [0.5, 0.6) is 0 Å². The fourth-order valence-electron chi connectivity index (χ4n) is 0.910. The highest BCUT2D eigenvalue weighted by atomic mass is 16.1. The predicted molar refractivity (Wildman–Crippen MR) is 48.6 cm³/mol. The zero-order chi connectivity index (χ0) is 8.53. The van der Waals surface area contributed by atoms with Gasteiger partial charge in [-0.15, -0.1) is 0 Å². The molecule has 0 spiro atoms. The number of carbonyl (C=O) groups excluding carboxylic acids is 1. The second-order valence-corrected chi connectivity index (χ2v) is 2.75. The maximum Gasteiger partial charge on any atom is 0.133 e. The monoisotopic (exact) mass is 154 g/mol. The molecule has 1 heteroatoms. The van der Waals surface area contributed by atoms with Gasteiger partial charge in [-0.25, -0.2) is 0 Å². The van der Waals surface area contributed by atoms with Gasteiger partial charge in [-0.1, -0.05) is 25.5 Å². The van der Waals surface area contributed by atoms with Crippen molar-refractivity contribution >= 4 is 5.78 Å². The molecule has 0 aliphatic rings. The van der Waals surface area contributed by atoms with Gasteiger partial charge in [-0.05, 0) is 19.8 Å². The van der Waals surface area contributed by atoms with Crippen molar-refractivity contribution in [3.63, 3.8) is 0 Å². The molecule has 0 rings (SSSR count). The molecule has 0 amide bonds. The van der Waals surface area contributed by atoms with Crippen LogP contribution < -0.4 is 0 Å². The Kier molecular flexibility index (Phi) is 7.11. The maximum atomic E-state index is 11.0. The molecule has 64 valence electrons. The molecule has 0 N–H and O–H groups in total. The van der Waals surface area contributed by atoms with Gasteiger partial charge in [0, 0.05) is 12.8 Å². The topological polar surface area (TPSA) is 17.1 Å². The maximum absolute atomic E-state index is 11.0. The number of allylic oxidation sites excluding steroid dienone is 2. The Labute approximate surface area is 69.5 Å². The molecule has 0 atom stereocenters. The van der Waals surface area contributed by atoms with Crippen molar-refractivity contribution in [1.29, 1.82) is 0 Å². The van der Waals surface area contributed by atoms with Crippen LogP contribution in [0.3, 0.4) is 0 Å². The third kappa shape index (κ3) is 7.31. The number of ketones is 1. The molecule has 0 saturated heterocycles. The van der Waals surface area contributed by atoms with Crippen LogP contribution in [0.25, 0.3) is 0 Å². The van der Waals surface area contributed by atoms with E-state index in [0.717, 1.165) is 32.1 Å². The van der Waals surface area contributed by atoms with Gasteiger partial charge in [-0.3, -0.25) is 4.79 Å². The highest BCUT2D eigenvalue weighted by molar-refractivity contribution is 5.78. The van der Waals surface area contributed by atoms with Crippen molar-refractivity contribution in [1.82, 2.24) is 0 Å². The van der Waals surface area contributed by atoms with E-state index in [-0.39, 0.29) is 0 Å². The normalized spacial score (nSPS) is 10.7. The average molecular weight is 154 g/mol. The second-order valence-electron chi connectivity index (χ2n) is 2.75. The number of hydrogen-bond donors (Lipinski definition) is 0. The molecule has 11 heavy (non-hydrogen) atoms. The van der Waals surface area contributed by atoms with E-state index in [4.69, 9.17) is 0 Å². The lowest BCUT2D eigenvalue weighted by Crippen LogP contribution is -1.95. The van der Waals surface area contributed by atoms with Crippen LogP contribution in [0.2, 0.25) is 0 Å². The Bertz CT molecular complexity index is 125. The van der Waals surface area contributed by atoms with Crippen molar-refractivity contribution in [3.8, 4) is 0 Å². The standard InChI is InChI=1S/C10H18O/c1-3-5-7-9-10(11)8-6-4-2/h3,5H,4,6-9H2,1-2H3/b5-3-. The molecule has 0 aliphatic carbocycles. The van der Waals surface area contributed by atoms with Crippen molar-refractivity contribution in [2.24, 2.45) is 0 Å². The summed E-state index contributed by atoms with van der Waals surface area (Å²) in [5, 5.41) is 0. The quantitative estimate of drug-likeness (QED) is 0.537. The highest BCUT2D eigenvalue weighted by Gasteiger charge is 1.97. The fraction of sp³-hybridized carbons (Fsp3) is 0.700. The summed E-state index contributed by atoms with van der Waals surface area (Å²) in [5.41, 5.74) is 0. The molecule has 0 aromatic rings. The minimum atomic E-state index is 0.407. The summed E-state index contributed by atoms with van der Waals surface area (Å²) in [6, 6.07) is 0. The highest BCUT2D eigenvalue weighted by Crippen LogP contribution is 2.01. The van der Waals surface area contributed by atoms with Gasteiger partial charge in [0.05, 0.1) is 0 Å². The third-order valence-corrected chi connectivity index (χ3v) is 1.63. The summed E-state index contributed by atoms with van der Waals surface area (Å²) in [4.78, 5) is 11.0. The van der Waals surface area contributed by atoms with E-state index in [1.165, 1.54) is 0 Å². The van der Waals surface area contributed by atoms with Crippen LogP contribution in [0.15, 0.2) is 12.2 Å². The number of carbonyl (C=O) groups is 1. The first-order valence-electron chi connectivity index (χ1n) is 4.44. The number of Topliss-reactive ketones (excluding diaryl/α,β-unsaturated/α-hetero) is 1. The SMILES string of the molecule is C/C=C\CCC(=O)CCCC. The summed E-state index contributed by atoms with van der Waals surface area (Å²) in [5.74, 6) is 0.407. The minimum Gasteiger partial charge on any atom is -0.300 e. The van der Waals surface area contributed by atoms with Crippen LogP contribution in [0.4, 0.5) is 0 Å². The van der Waals surface area contributed by atoms with Crippen LogP contribution in [-0.2, 0) is 4.79 Å². The van der Waals surface area contributed by atoms with Crippen LogP contribution in [-0.4, -0.2) is 5.78 Å². The minimum absolute atomic E-state index is 0.407. The smallest absolute Gasteiger partial charge is 0.133 e. The molecular formula is C10H18O. The second kappa shape index (κ2) is 7.52. The molecule has 0 saturated carbocycles. The predicted octanol–water partition coefficient (Wildman–Crippen LogP) is 3.10. The zero-order valence-electron chi connectivity index (χ0n) is 7.60. The molecular weight excluding hydrogens is 136 g/mol. The van der Waals surface area contributed by atoms with Gasteiger partial charge in [0.15, 0.2) is 0 Å². The van der Waals surface area contributed by atoms with Crippen molar-refractivity contribution in [3.05, 3.63) is 12.2 Å². The van der Waals surface area contributed by atoms with Crippen LogP contribution in [0, 0.1) is 0 Å². The van der Waals surface area contributed by atoms with E-state index >= 15 is 0 Å². The van der Waals surface area contributed by atoms with E-state index < -0.39 is 0 Å². The molecule has 0 radical (unpaired) electrons. The van der Waals surface area contributed by atoms with Crippen molar-refractivity contribution in [2.45, 2.75) is 46.0 Å². The third-order valence-electron chi connectivity index (χ3n) is 1.63. The summed E-state index contributed by atoms with van der Waals surface area (Å²) < 4.78 is 0. The number of unbranched alkanes of at least 4 members (excludes halogenated alkanes) is 1. The van der Waals surface area contributed by atoms with E-state index in [1.807, 2.05) is 19.1 Å². The Morgan fingerprint density at radius 1 is 1.36 bits per heavy atom. The lowest BCUT2D eigenvalue weighted by Gasteiger charge is -1.95. The molecule has 0 aliphatic heterocycles. The first kappa shape index (κ1) is 10.4.